The Morgan fingerprint density at radius 1 is 1.04 bits per heavy atom. The van der Waals surface area contributed by atoms with Crippen LogP contribution in [0.2, 0.25) is 5.02 Å². The highest BCUT2D eigenvalue weighted by Crippen LogP contribution is 2.37. The van der Waals surface area contributed by atoms with E-state index in [1.807, 2.05) is 6.07 Å². The van der Waals surface area contributed by atoms with E-state index in [2.05, 4.69) is 56.7 Å². The number of hydrogen-bond donors (Lipinski definition) is 0. The SMILES string of the molecule is CN1CCN(Cc2ccc(Cl)c(B3OC(C)(C)C(C)(C)O3)c2)CC1. The quantitative estimate of drug-likeness (QED) is 0.782. The van der Waals surface area contributed by atoms with Gasteiger partial charge in [-0.1, -0.05) is 23.7 Å². The molecule has 24 heavy (non-hydrogen) atoms. The summed E-state index contributed by atoms with van der Waals surface area (Å²) in [6.45, 7) is 13.6. The van der Waals surface area contributed by atoms with Gasteiger partial charge in [-0.25, -0.2) is 0 Å². The van der Waals surface area contributed by atoms with Crippen LogP contribution in [-0.4, -0.2) is 61.3 Å². The second-order valence-electron chi connectivity index (χ2n) is 8.02. The predicted molar refractivity (Wildman–Crippen MR) is 99.9 cm³/mol. The Bertz CT molecular complexity index is 585. The molecule has 1 aromatic rings. The van der Waals surface area contributed by atoms with Crippen molar-refractivity contribution in [1.29, 1.82) is 0 Å². The summed E-state index contributed by atoms with van der Waals surface area (Å²) in [7, 11) is 1.77. The zero-order valence-electron chi connectivity index (χ0n) is 15.4. The van der Waals surface area contributed by atoms with Crippen molar-refractivity contribution in [2.45, 2.75) is 45.4 Å². The van der Waals surface area contributed by atoms with E-state index in [4.69, 9.17) is 20.9 Å². The molecule has 0 amide bonds. The monoisotopic (exact) mass is 350 g/mol. The molecule has 0 spiro atoms. The second-order valence-corrected chi connectivity index (χ2v) is 8.43. The van der Waals surface area contributed by atoms with Crippen LogP contribution in [-0.2, 0) is 15.9 Å². The molecule has 0 aromatic heterocycles. The lowest BCUT2D eigenvalue weighted by Gasteiger charge is -2.32. The molecule has 2 aliphatic rings. The van der Waals surface area contributed by atoms with Crippen molar-refractivity contribution < 1.29 is 9.31 Å². The van der Waals surface area contributed by atoms with E-state index in [-0.39, 0.29) is 11.2 Å². The van der Waals surface area contributed by atoms with Crippen LogP contribution in [0.5, 0.6) is 0 Å². The molecular formula is C18H28BClN2O2. The van der Waals surface area contributed by atoms with Crippen LogP contribution >= 0.6 is 11.6 Å². The molecule has 6 heteroatoms. The fourth-order valence-electron chi connectivity index (χ4n) is 3.11. The van der Waals surface area contributed by atoms with Gasteiger partial charge in [0.1, 0.15) is 0 Å². The third-order valence-corrected chi connectivity index (χ3v) is 5.91. The maximum atomic E-state index is 6.44. The van der Waals surface area contributed by atoms with Crippen molar-refractivity contribution >= 4 is 24.2 Å². The third-order valence-electron chi connectivity index (χ3n) is 5.57. The first kappa shape index (κ1) is 18.2. The highest BCUT2D eigenvalue weighted by Gasteiger charge is 2.52. The van der Waals surface area contributed by atoms with Crippen molar-refractivity contribution in [1.82, 2.24) is 9.80 Å². The Kier molecular flexibility index (Phi) is 5.02. The molecule has 0 bridgehead atoms. The fourth-order valence-corrected chi connectivity index (χ4v) is 3.31. The van der Waals surface area contributed by atoms with E-state index in [1.54, 1.807) is 0 Å². The zero-order valence-corrected chi connectivity index (χ0v) is 16.2. The van der Waals surface area contributed by atoms with Crippen LogP contribution < -0.4 is 5.46 Å². The maximum absolute atomic E-state index is 6.44. The van der Waals surface area contributed by atoms with Crippen LogP contribution in [0.25, 0.3) is 0 Å². The van der Waals surface area contributed by atoms with Gasteiger partial charge in [0.2, 0.25) is 0 Å². The van der Waals surface area contributed by atoms with E-state index in [0.29, 0.717) is 5.02 Å². The fraction of sp³-hybridized carbons (Fsp3) is 0.667. The first-order valence-corrected chi connectivity index (χ1v) is 9.11. The average molecular weight is 351 g/mol. The Balaban J connectivity index is 1.75. The van der Waals surface area contributed by atoms with Gasteiger partial charge in [0.05, 0.1) is 11.2 Å². The summed E-state index contributed by atoms with van der Waals surface area (Å²) in [5.41, 5.74) is 1.48. The number of likely N-dealkylation sites (N-methyl/N-ethyl adjacent to an activating group) is 1. The molecule has 0 unspecified atom stereocenters. The van der Waals surface area contributed by atoms with Crippen LogP contribution in [0.3, 0.4) is 0 Å². The van der Waals surface area contributed by atoms with Crippen molar-refractivity contribution in [3.05, 3.63) is 28.8 Å². The number of nitrogens with zero attached hydrogens (tertiary/aromatic N) is 2. The van der Waals surface area contributed by atoms with Crippen molar-refractivity contribution in [3.8, 4) is 0 Å². The standard InChI is InChI=1S/C18H28BClN2O2/c1-17(2)18(3,4)24-19(23-17)15-12-14(6-7-16(15)20)13-22-10-8-21(5)9-11-22/h6-7,12H,8-11,13H2,1-5H3. The summed E-state index contributed by atoms with van der Waals surface area (Å²) < 4.78 is 12.3. The summed E-state index contributed by atoms with van der Waals surface area (Å²) >= 11 is 6.44. The molecule has 0 saturated carbocycles. The lowest BCUT2D eigenvalue weighted by Crippen LogP contribution is -2.44. The molecular weight excluding hydrogens is 322 g/mol. The molecule has 2 heterocycles. The highest BCUT2D eigenvalue weighted by atomic mass is 35.5. The first-order chi connectivity index (χ1) is 11.2. The van der Waals surface area contributed by atoms with E-state index < -0.39 is 7.12 Å². The minimum absolute atomic E-state index is 0.353. The minimum atomic E-state index is -0.407. The molecule has 0 aliphatic carbocycles. The van der Waals surface area contributed by atoms with E-state index >= 15 is 0 Å². The van der Waals surface area contributed by atoms with Crippen LogP contribution in [0.15, 0.2) is 18.2 Å². The Morgan fingerprint density at radius 2 is 1.62 bits per heavy atom. The van der Waals surface area contributed by atoms with Crippen LogP contribution in [0, 0.1) is 0 Å². The average Bonchev–Trinajstić information content (AvgIpc) is 2.72. The van der Waals surface area contributed by atoms with Crippen molar-refractivity contribution in [3.63, 3.8) is 0 Å². The number of rotatable bonds is 3. The van der Waals surface area contributed by atoms with Gasteiger partial charge in [0.25, 0.3) is 0 Å². The minimum Gasteiger partial charge on any atom is -0.399 e. The summed E-state index contributed by atoms with van der Waals surface area (Å²) in [5, 5.41) is 0.704. The number of hydrogen-bond acceptors (Lipinski definition) is 4. The highest BCUT2D eigenvalue weighted by molar-refractivity contribution is 6.65. The van der Waals surface area contributed by atoms with Gasteiger partial charge < -0.3 is 14.2 Å². The summed E-state index contributed by atoms with van der Waals surface area (Å²) in [5.74, 6) is 0. The summed E-state index contributed by atoms with van der Waals surface area (Å²) in [6, 6.07) is 6.21. The molecule has 4 nitrogen and oxygen atoms in total. The summed E-state index contributed by atoms with van der Waals surface area (Å²) in [4.78, 5) is 4.85. The van der Waals surface area contributed by atoms with Gasteiger partial charge in [0.15, 0.2) is 0 Å². The molecule has 0 radical (unpaired) electrons. The van der Waals surface area contributed by atoms with Gasteiger partial charge in [-0.2, -0.15) is 0 Å². The Morgan fingerprint density at radius 3 is 2.21 bits per heavy atom. The molecule has 1 aromatic carbocycles. The lowest BCUT2D eigenvalue weighted by atomic mass is 9.78. The maximum Gasteiger partial charge on any atom is 0.496 e. The van der Waals surface area contributed by atoms with E-state index in [1.165, 1.54) is 5.56 Å². The molecule has 2 saturated heterocycles. The second kappa shape index (κ2) is 6.62. The molecule has 132 valence electrons. The topological polar surface area (TPSA) is 24.9 Å². The predicted octanol–water partition coefficient (Wildman–Crippen LogP) is 2.39. The lowest BCUT2D eigenvalue weighted by molar-refractivity contribution is 0.00578. The Hall–Kier alpha value is -0.585. The van der Waals surface area contributed by atoms with Gasteiger partial charge in [0, 0.05) is 43.2 Å². The zero-order chi connectivity index (χ0) is 17.5. The van der Waals surface area contributed by atoms with Crippen molar-refractivity contribution in [2.24, 2.45) is 0 Å². The smallest absolute Gasteiger partial charge is 0.399 e. The molecule has 0 atom stereocenters. The van der Waals surface area contributed by atoms with E-state index in [0.717, 1.165) is 38.2 Å². The number of benzene rings is 1. The normalized spacial score (nSPS) is 24.5. The first-order valence-electron chi connectivity index (χ1n) is 8.73. The largest absolute Gasteiger partial charge is 0.496 e. The van der Waals surface area contributed by atoms with Crippen LogP contribution in [0.4, 0.5) is 0 Å². The molecule has 0 N–H and O–H groups in total. The van der Waals surface area contributed by atoms with E-state index in [9.17, 15) is 0 Å². The summed E-state index contributed by atoms with van der Waals surface area (Å²) in [6.07, 6.45) is 0. The van der Waals surface area contributed by atoms with Crippen LogP contribution in [0.1, 0.15) is 33.3 Å². The van der Waals surface area contributed by atoms with Gasteiger partial charge >= 0.3 is 7.12 Å². The third kappa shape index (κ3) is 3.66. The van der Waals surface area contributed by atoms with Crippen molar-refractivity contribution in [2.75, 3.05) is 33.2 Å². The molecule has 2 aliphatic heterocycles. The van der Waals surface area contributed by atoms with Gasteiger partial charge in [-0.05, 0) is 46.4 Å². The molecule has 2 fully saturated rings. The number of piperazine rings is 1. The number of halogens is 1. The molecule has 3 rings (SSSR count). The van der Waals surface area contributed by atoms with Gasteiger partial charge in [-0.3, -0.25) is 4.90 Å². The van der Waals surface area contributed by atoms with Gasteiger partial charge in [-0.15, -0.1) is 0 Å². The Labute approximate surface area is 151 Å².